The lowest BCUT2D eigenvalue weighted by Crippen LogP contribution is -2.22. The number of imidazole rings is 1. The van der Waals surface area contributed by atoms with E-state index in [1.807, 2.05) is 12.5 Å². The monoisotopic (exact) mass is 410 g/mol. The molecule has 1 aliphatic rings. The Morgan fingerprint density at radius 3 is 2.83 bits per heavy atom. The standard InChI is InChI=1S/C18H23BrN2S2/c1-2-17-13-22-18(23-17,8-3-10-21-11-9-20-14-21)12-15-4-6-16(19)7-5-15/h4-7,9,11,14,17H,2-3,8,10,12-13H2,1H3. The fraction of sp³-hybridized carbons (Fsp3) is 0.500. The highest BCUT2D eigenvalue weighted by molar-refractivity contribution is 9.10. The molecule has 1 aliphatic heterocycles. The van der Waals surface area contributed by atoms with Crippen molar-refractivity contribution in [2.45, 2.75) is 48.5 Å². The second-order valence-corrected chi connectivity index (χ2v) is 10.3. The molecule has 1 saturated heterocycles. The molecule has 0 aliphatic carbocycles. The van der Waals surface area contributed by atoms with Crippen LogP contribution in [0.3, 0.4) is 0 Å². The molecular weight excluding hydrogens is 388 g/mol. The van der Waals surface area contributed by atoms with Crippen molar-refractivity contribution in [2.75, 3.05) is 5.75 Å². The molecule has 124 valence electrons. The minimum Gasteiger partial charge on any atom is -0.337 e. The van der Waals surface area contributed by atoms with Crippen molar-refractivity contribution in [3.8, 4) is 0 Å². The van der Waals surface area contributed by atoms with Crippen LogP contribution in [-0.2, 0) is 13.0 Å². The number of halogens is 1. The fourth-order valence-corrected chi connectivity index (χ4v) is 7.19. The number of thioether (sulfide) groups is 2. The molecule has 1 aromatic carbocycles. The van der Waals surface area contributed by atoms with Gasteiger partial charge in [0.05, 0.1) is 10.4 Å². The van der Waals surface area contributed by atoms with E-state index in [1.165, 1.54) is 30.6 Å². The van der Waals surface area contributed by atoms with Gasteiger partial charge in [0.25, 0.3) is 0 Å². The fourth-order valence-electron chi connectivity index (χ4n) is 2.99. The highest BCUT2D eigenvalue weighted by Gasteiger charge is 2.39. The number of nitrogens with zero attached hydrogens (tertiary/aromatic N) is 2. The van der Waals surface area contributed by atoms with Crippen LogP contribution >= 0.6 is 39.5 Å². The highest BCUT2D eigenvalue weighted by atomic mass is 79.9. The Morgan fingerprint density at radius 1 is 1.35 bits per heavy atom. The van der Waals surface area contributed by atoms with Gasteiger partial charge in [-0.3, -0.25) is 0 Å². The van der Waals surface area contributed by atoms with E-state index < -0.39 is 0 Å². The van der Waals surface area contributed by atoms with Crippen molar-refractivity contribution in [3.05, 3.63) is 53.0 Å². The maximum Gasteiger partial charge on any atom is 0.0945 e. The van der Waals surface area contributed by atoms with Crippen LogP contribution in [0.5, 0.6) is 0 Å². The van der Waals surface area contributed by atoms with E-state index in [4.69, 9.17) is 0 Å². The van der Waals surface area contributed by atoms with Gasteiger partial charge in [-0.25, -0.2) is 4.98 Å². The van der Waals surface area contributed by atoms with Crippen molar-refractivity contribution >= 4 is 39.5 Å². The van der Waals surface area contributed by atoms with Crippen LogP contribution < -0.4 is 0 Å². The smallest absolute Gasteiger partial charge is 0.0945 e. The van der Waals surface area contributed by atoms with E-state index in [0.29, 0.717) is 4.08 Å². The second kappa shape index (κ2) is 8.13. The van der Waals surface area contributed by atoms with Crippen LogP contribution in [0, 0.1) is 0 Å². The summed E-state index contributed by atoms with van der Waals surface area (Å²) in [4.78, 5) is 4.14. The molecule has 2 nitrogen and oxygen atoms in total. The molecule has 2 heterocycles. The maximum absolute atomic E-state index is 4.14. The third-order valence-corrected chi connectivity index (χ3v) is 8.73. The van der Waals surface area contributed by atoms with Gasteiger partial charge in [0.15, 0.2) is 0 Å². The van der Waals surface area contributed by atoms with Gasteiger partial charge in [-0.1, -0.05) is 35.0 Å². The average Bonchev–Trinajstić information content (AvgIpc) is 3.20. The summed E-state index contributed by atoms with van der Waals surface area (Å²) >= 11 is 7.94. The van der Waals surface area contributed by atoms with E-state index in [0.717, 1.165) is 22.7 Å². The predicted molar refractivity (Wildman–Crippen MR) is 106 cm³/mol. The third kappa shape index (κ3) is 4.80. The molecule has 2 atom stereocenters. The SMILES string of the molecule is CCC1CSC(CCCn2ccnc2)(Cc2ccc(Br)cc2)S1. The first-order valence-corrected chi connectivity index (χ1v) is 10.9. The van der Waals surface area contributed by atoms with Crippen molar-refractivity contribution in [1.82, 2.24) is 9.55 Å². The molecule has 0 amide bonds. The summed E-state index contributed by atoms with van der Waals surface area (Å²) in [6.07, 6.45) is 10.8. The van der Waals surface area contributed by atoms with Gasteiger partial charge in [0.1, 0.15) is 0 Å². The van der Waals surface area contributed by atoms with Crippen LogP contribution in [0.2, 0.25) is 0 Å². The molecule has 1 fully saturated rings. The van der Waals surface area contributed by atoms with Gasteiger partial charge >= 0.3 is 0 Å². The molecule has 2 aromatic rings. The zero-order chi connectivity index (χ0) is 16.1. The van der Waals surface area contributed by atoms with E-state index in [-0.39, 0.29) is 0 Å². The number of rotatable bonds is 7. The number of benzene rings is 1. The average molecular weight is 411 g/mol. The Balaban J connectivity index is 1.65. The quantitative estimate of drug-likeness (QED) is 0.589. The molecule has 5 heteroatoms. The summed E-state index contributed by atoms with van der Waals surface area (Å²) in [5.41, 5.74) is 1.45. The summed E-state index contributed by atoms with van der Waals surface area (Å²) < 4.78 is 3.69. The van der Waals surface area contributed by atoms with Gasteiger partial charge in [-0.2, -0.15) is 0 Å². The van der Waals surface area contributed by atoms with Crippen LogP contribution in [0.1, 0.15) is 31.7 Å². The molecule has 0 bridgehead atoms. The molecule has 0 radical (unpaired) electrons. The van der Waals surface area contributed by atoms with Gasteiger partial charge in [0, 0.05) is 34.4 Å². The van der Waals surface area contributed by atoms with E-state index in [9.17, 15) is 0 Å². The summed E-state index contributed by atoms with van der Waals surface area (Å²) in [6.45, 7) is 3.39. The predicted octanol–water partition coefficient (Wildman–Crippen LogP) is 5.62. The first kappa shape index (κ1) is 17.4. The summed E-state index contributed by atoms with van der Waals surface area (Å²) in [6, 6.07) is 8.86. The lowest BCUT2D eigenvalue weighted by molar-refractivity contribution is 0.578. The number of hydrogen-bond donors (Lipinski definition) is 0. The van der Waals surface area contributed by atoms with Gasteiger partial charge in [-0.05, 0) is 43.4 Å². The Hall–Kier alpha value is -0.390. The molecule has 0 N–H and O–H groups in total. The molecular formula is C18H23BrN2S2. The number of aryl methyl sites for hydroxylation is 1. The largest absolute Gasteiger partial charge is 0.337 e. The third-order valence-electron chi connectivity index (χ3n) is 4.29. The highest BCUT2D eigenvalue weighted by Crippen LogP contribution is 2.53. The number of hydrogen-bond acceptors (Lipinski definition) is 3. The first-order valence-electron chi connectivity index (χ1n) is 8.21. The minimum atomic E-state index is 0.342. The van der Waals surface area contributed by atoms with Crippen molar-refractivity contribution < 1.29 is 0 Å². The Bertz CT molecular complexity index is 600. The second-order valence-electron chi connectivity index (χ2n) is 6.08. The van der Waals surface area contributed by atoms with E-state index >= 15 is 0 Å². The Kier molecular flexibility index (Phi) is 6.16. The van der Waals surface area contributed by atoms with Gasteiger partial charge in [-0.15, -0.1) is 23.5 Å². The van der Waals surface area contributed by atoms with Crippen molar-refractivity contribution in [3.63, 3.8) is 0 Å². The molecule has 2 unspecified atom stereocenters. The summed E-state index contributed by atoms with van der Waals surface area (Å²) in [5.74, 6) is 1.29. The molecule has 1 aromatic heterocycles. The minimum absolute atomic E-state index is 0.342. The van der Waals surface area contributed by atoms with Crippen molar-refractivity contribution in [1.29, 1.82) is 0 Å². The van der Waals surface area contributed by atoms with E-state index in [2.05, 4.69) is 86.4 Å². The van der Waals surface area contributed by atoms with E-state index in [1.54, 1.807) is 0 Å². The van der Waals surface area contributed by atoms with Crippen LogP contribution in [0.25, 0.3) is 0 Å². The zero-order valence-corrected chi connectivity index (χ0v) is 16.7. The lowest BCUT2D eigenvalue weighted by atomic mass is 10.1. The first-order chi connectivity index (χ1) is 11.2. The Morgan fingerprint density at radius 2 is 2.17 bits per heavy atom. The number of aromatic nitrogens is 2. The Labute approximate surface area is 156 Å². The van der Waals surface area contributed by atoms with Gasteiger partial charge < -0.3 is 4.57 Å². The van der Waals surface area contributed by atoms with Gasteiger partial charge in [0.2, 0.25) is 0 Å². The molecule has 0 spiro atoms. The molecule has 0 saturated carbocycles. The van der Waals surface area contributed by atoms with Crippen LogP contribution in [0.15, 0.2) is 47.5 Å². The topological polar surface area (TPSA) is 17.8 Å². The van der Waals surface area contributed by atoms with Crippen molar-refractivity contribution in [2.24, 2.45) is 0 Å². The lowest BCUT2D eigenvalue weighted by Gasteiger charge is -2.28. The maximum atomic E-state index is 4.14. The zero-order valence-electron chi connectivity index (χ0n) is 13.5. The molecule has 23 heavy (non-hydrogen) atoms. The summed E-state index contributed by atoms with van der Waals surface area (Å²) in [7, 11) is 0. The van der Waals surface area contributed by atoms with Crippen LogP contribution in [-0.4, -0.2) is 24.6 Å². The molecule has 3 rings (SSSR count). The van der Waals surface area contributed by atoms with Crippen LogP contribution in [0.4, 0.5) is 0 Å². The summed E-state index contributed by atoms with van der Waals surface area (Å²) in [5, 5.41) is 0.809. The normalized spacial score (nSPS) is 24.2.